The number of hydrogen-bond donors (Lipinski definition) is 3. The number of aromatic nitrogens is 3. The van der Waals surface area contributed by atoms with E-state index in [1.54, 1.807) is 13.3 Å². The summed E-state index contributed by atoms with van der Waals surface area (Å²) in [6.45, 7) is 2.50. The first-order valence-electron chi connectivity index (χ1n) is 10.2. The van der Waals surface area contributed by atoms with Crippen LogP contribution < -0.4 is 19.7 Å². The molecule has 3 aromatic rings. The number of nitrogens with zero attached hydrogens (tertiary/aromatic N) is 3. The molecular formula is C21H30N6O3S. The fourth-order valence-corrected chi connectivity index (χ4v) is 4.20. The van der Waals surface area contributed by atoms with E-state index in [0.29, 0.717) is 5.75 Å². The van der Waals surface area contributed by atoms with Crippen LogP contribution in [0, 0.1) is 0 Å². The standard InChI is InChI=1S/C21H30N6O3S/c1-22-31(28,29)14-16-6-7-19-18(11-16)17(12-25-19)5-4-8-23-9-10-27(2)21-20(30-3)13-24-15-26-21/h6-7,11-13,15,22-23,25H,4-5,8-10,14H2,1-3H3. The molecule has 10 heteroatoms. The summed E-state index contributed by atoms with van der Waals surface area (Å²) in [6.07, 6.45) is 7.07. The third-order valence-electron chi connectivity index (χ3n) is 5.16. The monoisotopic (exact) mass is 446 g/mol. The molecule has 2 heterocycles. The van der Waals surface area contributed by atoms with Gasteiger partial charge in [0.25, 0.3) is 0 Å². The number of methoxy groups -OCH3 is 1. The first kappa shape index (κ1) is 23.0. The molecule has 0 saturated heterocycles. The van der Waals surface area contributed by atoms with E-state index in [0.717, 1.165) is 54.8 Å². The van der Waals surface area contributed by atoms with Crippen LogP contribution in [0.25, 0.3) is 10.9 Å². The number of aryl methyl sites for hydroxylation is 1. The van der Waals surface area contributed by atoms with Gasteiger partial charge in [0.05, 0.1) is 19.1 Å². The van der Waals surface area contributed by atoms with Gasteiger partial charge in [0.1, 0.15) is 6.33 Å². The van der Waals surface area contributed by atoms with Crippen molar-refractivity contribution in [1.29, 1.82) is 0 Å². The number of anilines is 1. The van der Waals surface area contributed by atoms with Crippen molar-refractivity contribution in [2.24, 2.45) is 0 Å². The summed E-state index contributed by atoms with van der Waals surface area (Å²) < 4.78 is 31.3. The summed E-state index contributed by atoms with van der Waals surface area (Å²) in [4.78, 5) is 13.6. The van der Waals surface area contributed by atoms with E-state index in [9.17, 15) is 8.42 Å². The number of ether oxygens (including phenoxy) is 1. The van der Waals surface area contributed by atoms with Crippen LogP contribution in [0.1, 0.15) is 17.5 Å². The molecule has 0 saturated carbocycles. The highest BCUT2D eigenvalue weighted by Gasteiger charge is 2.11. The van der Waals surface area contributed by atoms with Gasteiger partial charge < -0.3 is 19.9 Å². The van der Waals surface area contributed by atoms with E-state index in [1.807, 2.05) is 36.3 Å². The molecule has 0 amide bonds. The molecule has 0 bridgehead atoms. The van der Waals surface area contributed by atoms with E-state index in [4.69, 9.17) is 4.74 Å². The lowest BCUT2D eigenvalue weighted by Crippen LogP contribution is -2.30. The molecular weight excluding hydrogens is 416 g/mol. The predicted octanol–water partition coefficient (Wildman–Crippen LogP) is 1.67. The van der Waals surface area contributed by atoms with Crippen LogP contribution in [0.3, 0.4) is 0 Å². The van der Waals surface area contributed by atoms with Gasteiger partial charge >= 0.3 is 0 Å². The summed E-state index contributed by atoms with van der Waals surface area (Å²) in [6, 6.07) is 5.75. The Labute approximate surface area is 183 Å². The third-order valence-corrected chi connectivity index (χ3v) is 6.50. The van der Waals surface area contributed by atoms with Gasteiger partial charge in [-0.2, -0.15) is 0 Å². The van der Waals surface area contributed by atoms with Crippen LogP contribution >= 0.6 is 0 Å². The summed E-state index contributed by atoms with van der Waals surface area (Å²) in [5, 5.41) is 4.54. The minimum absolute atomic E-state index is 0.0176. The van der Waals surface area contributed by atoms with Gasteiger partial charge in [-0.15, -0.1) is 0 Å². The van der Waals surface area contributed by atoms with Gasteiger partial charge in [-0.25, -0.2) is 23.1 Å². The van der Waals surface area contributed by atoms with Crippen LogP contribution in [0.15, 0.2) is 36.9 Å². The highest BCUT2D eigenvalue weighted by atomic mass is 32.2. The maximum Gasteiger partial charge on any atom is 0.215 e. The number of H-pyrrole nitrogens is 1. The topological polar surface area (TPSA) is 112 Å². The predicted molar refractivity (Wildman–Crippen MR) is 123 cm³/mol. The fourth-order valence-electron chi connectivity index (χ4n) is 3.44. The van der Waals surface area contributed by atoms with E-state index in [1.165, 1.54) is 18.9 Å². The van der Waals surface area contributed by atoms with Crippen molar-refractivity contribution < 1.29 is 13.2 Å². The quantitative estimate of drug-likeness (QED) is 0.363. The summed E-state index contributed by atoms with van der Waals surface area (Å²) in [5.74, 6) is 1.41. The maximum absolute atomic E-state index is 11.8. The van der Waals surface area contributed by atoms with E-state index in [2.05, 4.69) is 25.0 Å². The Morgan fingerprint density at radius 2 is 2.10 bits per heavy atom. The minimum Gasteiger partial charge on any atom is -0.491 e. The van der Waals surface area contributed by atoms with Crippen LogP contribution in [0.5, 0.6) is 5.75 Å². The molecule has 0 fully saturated rings. The Balaban J connectivity index is 1.47. The number of fused-ring (bicyclic) bond motifs is 1. The van der Waals surface area contributed by atoms with Crippen molar-refractivity contribution in [3.63, 3.8) is 0 Å². The number of nitrogens with one attached hydrogen (secondary N) is 3. The number of benzene rings is 1. The van der Waals surface area contributed by atoms with Crippen LogP contribution in [0.2, 0.25) is 0 Å². The summed E-state index contributed by atoms with van der Waals surface area (Å²) >= 11 is 0. The molecule has 168 valence electrons. The highest BCUT2D eigenvalue weighted by molar-refractivity contribution is 7.88. The van der Waals surface area contributed by atoms with Crippen molar-refractivity contribution in [2.45, 2.75) is 18.6 Å². The largest absolute Gasteiger partial charge is 0.491 e. The number of hydrogen-bond acceptors (Lipinski definition) is 7. The lowest BCUT2D eigenvalue weighted by atomic mass is 10.1. The van der Waals surface area contributed by atoms with Crippen LogP contribution in [-0.2, 0) is 22.2 Å². The highest BCUT2D eigenvalue weighted by Crippen LogP contribution is 2.23. The Kier molecular flexibility index (Phi) is 7.83. The van der Waals surface area contributed by atoms with Crippen molar-refractivity contribution in [3.8, 4) is 5.75 Å². The molecule has 31 heavy (non-hydrogen) atoms. The zero-order valence-electron chi connectivity index (χ0n) is 18.2. The molecule has 2 aromatic heterocycles. The van der Waals surface area contributed by atoms with E-state index < -0.39 is 10.0 Å². The molecule has 1 aromatic carbocycles. The molecule has 0 aliphatic rings. The molecule has 0 atom stereocenters. The molecule has 9 nitrogen and oxygen atoms in total. The Hall–Kier alpha value is -2.69. The molecule has 3 rings (SSSR count). The first-order valence-corrected chi connectivity index (χ1v) is 11.8. The first-order chi connectivity index (χ1) is 14.9. The number of aromatic amines is 1. The van der Waals surface area contributed by atoms with Gasteiger partial charge in [0.2, 0.25) is 10.0 Å². The summed E-state index contributed by atoms with van der Waals surface area (Å²) in [5.41, 5.74) is 3.00. The second-order valence-electron chi connectivity index (χ2n) is 7.35. The van der Waals surface area contributed by atoms with Gasteiger partial charge in [0.15, 0.2) is 11.6 Å². The van der Waals surface area contributed by atoms with Crippen LogP contribution in [-0.4, -0.2) is 64.2 Å². The number of sulfonamides is 1. The molecule has 0 unspecified atom stereocenters. The Morgan fingerprint density at radius 1 is 1.26 bits per heavy atom. The molecule has 0 aliphatic carbocycles. The van der Waals surface area contributed by atoms with E-state index >= 15 is 0 Å². The zero-order chi connectivity index (χ0) is 22.3. The molecule has 3 N–H and O–H groups in total. The van der Waals surface area contributed by atoms with Crippen molar-refractivity contribution in [2.75, 3.05) is 45.7 Å². The zero-order valence-corrected chi connectivity index (χ0v) is 19.0. The van der Waals surface area contributed by atoms with Gasteiger partial charge in [-0.1, -0.05) is 6.07 Å². The van der Waals surface area contributed by atoms with Gasteiger partial charge in [0, 0.05) is 37.2 Å². The lowest BCUT2D eigenvalue weighted by Gasteiger charge is -2.20. The smallest absolute Gasteiger partial charge is 0.215 e. The minimum atomic E-state index is -3.29. The third kappa shape index (κ3) is 6.16. The van der Waals surface area contributed by atoms with E-state index in [-0.39, 0.29) is 5.75 Å². The average Bonchev–Trinajstić information content (AvgIpc) is 3.17. The van der Waals surface area contributed by atoms with Crippen LogP contribution in [0.4, 0.5) is 5.82 Å². The lowest BCUT2D eigenvalue weighted by molar-refractivity contribution is 0.410. The Bertz CT molecular complexity index is 1100. The molecule has 0 radical (unpaired) electrons. The number of rotatable bonds is 12. The van der Waals surface area contributed by atoms with Crippen molar-refractivity contribution in [3.05, 3.63) is 48.0 Å². The second kappa shape index (κ2) is 10.6. The average molecular weight is 447 g/mol. The second-order valence-corrected chi connectivity index (χ2v) is 9.27. The number of likely N-dealkylation sites (N-methyl/N-ethyl adjacent to an activating group) is 1. The maximum atomic E-state index is 11.8. The van der Waals surface area contributed by atoms with Gasteiger partial charge in [-0.05, 0) is 49.7 Å². The molecule has 0 spiro atoms. The fraction of sp³-hybridized carbons (Fsp3) is 0.429. The van der Waals surface area contributed by atoms with Crippen molar-refractivity contribution >= 4 is 26.7 Å². The Morgan fingerprint density at radius 3 is 2.87 bits per heavy atom. The van der Waals surface area contributed by atoms with Gasteiger partial charge in [-0.3, -0.25) is 0 Å². The summed E-state index contributed by atoms with van der Waals surface area (Å²) in [7, 11) is 1.74. The van der Waals surface area contributed by atoms with Crippen molar-refractivity contribution in [1.82, 2.24) is 25.0 Å². The normalized spacial score (nSPS) is 11.7. The molecule has 0 aliphatic heterocycles. The SMILES string of the molecule is CNS(=O)(=O)Cc1ccc2[nH]cc(CCCNCCN(C)c3ncncc3OC)c2c1.